The molecule has 0 aliphatic carbocycles. The monoisotopic (exact) mass is 681 g/mol. The van der Waals surface area contributed by atoms with E-state index in [9.17, 15) is 24.1 Å². The lowest BCUT2D eigenvalue weighted by Gasteiger charge is -2.13. The number of benzene rings is 1. The van der Waals surface area contributed by atoms with Crippen LogP contribution in [0.2, 0.25) is 0 Å². The van der Waals surface area contributed by atoms with Crippen LogP contribution in [0, 0.1) is 10.1 Å². The van der Waals surface area contributed by atoms with Gasteiger partial charge in [0.25, 0.3) is 5.69 Å². The molecule has 16 heteroatoms. The van der Waals surface area contributed by atoms with Crippen molar-refractivity contribution in [2.45, 2.75) is 72.5 Å². The second kappa shape index (κ2) is 40.8. The number of hydrogen-bond acceptors (Lipinski definition) is 11. The molecule has 1 rings (SSSR count). The van der Waals surface area contributed by atoms with Gasteiger partial charge in [0, 0.05) is 38.1 Å². The van der Waals surface area contributed by atoms with E-state index in [4.69, 9.17) is 55.5 Å². The number of carbonyl (C=O) groups excluding carboxylic acids is 2. The largest absolute Gasteiger partial charge is 0.427 e. The van der Waals surface area contributed by atoms with Gasteiger partial charge in [0.15, 0.2) is 0 Å². The summed E-state index contributed by atoms with van der Waals surface area (Å²) in [4.78, 5) is 34.0. The molecular formula is C28H55Cl2FN4O9. The Bertz CT molecular complexity index is 777. The molecule has 0 spiro atoms. The molecule has 262 valence electrons. The molecule has 0 saturated carbocycles. The smallest absolute Gasteiger partial charge is 0.311 e. The second-order valence-electron chi connectivity index (χ2n) is 8.16. The first-order chi connectivity index (χ1) is 21.3. The number of nitro benzene ring substituents is 1. The topological polar surface area (TPSA) is 209 Å². The summed E-state index contributed by atoms with van der Waals surface area (Å²) >= 11 is 9.53. The van der Waals surface area contributed by atoms with Gasteiger partial charge in [-0.3, -0.25) is 24.1 Å². The number of nitro groups is 1. The highest BCUT2D eigenvalue weighted by Gasteiger charge is 2.07. The highest BCUT2D eigenvalue weighted by atomic mass is 35.5. The van der Waals surface area contributed by atoms with E-state index in [-0.39, 0.29) is 49.2 Å². The van der Waals surface area contributed by atoms with Crippen molar-refractivity contribution in [2.75, 3.05) is 58.4 Å². The van der Waals surface area contributed by atoms with Gasteiger partial charge in [-0.2, -0.15) is 0 Å². The summed E-state index contributed by atoms with van der Waals surface area (Å²) in [7, 11) is -1.00. The number of halogens is 3. The predicted octanol–water partition coefficient (Wildman–Crippen LogP) is 3.21. The zero-order valence-electron chi connectivity index (χ0n) is 27.6. The molecule has 0 radical (unpaired) electrons. The number of aliphatic hydroxyl groups is 4. The number of non-ortho nitro benzene ring substituents is 1. The molecule has 7 N–H and O–H groups in total. The number of esters is 1. The predicted molar refractivity (Wildman–Crippen MR) is 174 cm³/mol. The zero-order valence-corrected chi connectivity index (χ0v) is 28.1. The lowest BCUT2D eigenvalue weighted by molar-refractivity contribution is -0.384. The highest BCUT2D eigenvalue weighted by Crippen LogP contribution is 2.17. The average Bonchev–Trinajstić information content (AvgIpc) is 3.02. The number of alkyl halides is 3. The first-order valence-corrected chi connectivity index (χ1v) is 15.1. The molecule has 2 unspecified atom stereocenters. The van der Waals surface area contributed by atoms with E-state index in [1.54, 1.807) is 0 Å². The van der Waals surface area contributed by atoms with E-state index in [0.717, 1.165) is 6.42 Å². The molecular weight excluding hydrogens is 626 g/mol. The van der Waals surface area contributed by atoms with E-state index in [1.807, 2.05) is 13.8 Å². The maximum atomic E-state index is 11.1. The first kappa shape index (κ1) is 48.7. The van der Waals surface area contributed by atoms with E-state index < -0.39 is 24.3 Å². The number of hydrogen-bond donors (Lipinski definition) is 6. The van der Waals surface area contributed by atoms with Gasteiger partial charge in [0.05, 0.1) is 44.2 Å². The van der Waals surface area contributed by atoms with Gasteiger partial charge >= 0.3 is 5.97 Å². The number of ether oxygens (including phenoxy) is 1. The third-order valence-corrected chi connectivity index (χ3v) is 4.78. The summed E-state index contributed by atoms with van der Waals surface area (Å²) in [6, 6.07) is 5.42. The summed E-state index contributed by atoms with van der Waals surface area (Å²) < 4.78 is 20.4. The van der Waals surface area contributed by atoms with Gasteiger partial charge in [-0.25, -0.2) is 0 Å². The van der Waals surface area contributed by atoms with Crippen LogP contribution < -0.4 is 15.8 Å². The molecule has 0 aliphatic heterocycles. The Labute approximate surface area is 273 Å². The van der Waals surface area contributed by atoms with Crippen molar-refractivity contribution in [3.63, 3.8) is 0 Å². The zero-order chi connectivity index (χ0) is 36.1. The van der Waals surface area contributed by atoms with Crippen molar-refractivity contribution in [3.05, 3.63) is 34.4 Å². The lowest BCUT2D eigenvalue weighted by Crippen LogP contribution is -2.33. The Hall–Kier alpha value is -2.17. The minimum atomic E-state index is -1.00. The number of rotatable bonds is 14. The molecule has 0 saturated heterocycles. The first-order valence-electron chi connectivity index (χ1n) is 14.7. The Balaban J connectivity index is -0.000000157. The van der Waals surface area contributed by atoms with Crippen LogP contribution >= 0.6 is 23.2 Å². The summed E-state index contributed by atoms with van der Waals surface area (Å²) in [5.41, 5.74) is 4.85. The van der Waals surface area contributed by atoms with E-state index in [0.29, 0.717) is 25.0 Å². The lowest BCUT2D eigenvalue weighted by atomic mass is 10.3. The number of nitrogens with two attached hydrogens (primary N) is 1. The van der Waals surface area contributed by atoms with Gasteiger partial charge in [0.1, 0.15) is 5.75 Å². The number of aliphatic hydroxyl groups excluding tert-OH is 4. The average molecular weight is 683 g/mol. The fourth-order valence-corrected chi connectivity index (χ4v) is 2.38. The summed E-state index contributed by atoms with van der Waals surface area (Å²) in [6.45, 7) is 13.6. The van der Waals surface area contributed by atoms with Crippen molar-refractivity contribution in [2.24, 2.45) is 5.73 Å². The van der Waals surface area contributed by atoms with Crippen LogP contribution in [-0.2, 0) is 9.59 Å². The molecule has 0 aliphatic rings. The fraction of sp³-hybridized carbons (Fsp3) is 0.714. The molecule has 44 heavy (non-hydrogen) atoms. The van der Waals surface area contributed by atoms with Gasteiger partial charge in [-0.15, -0.1) is 23.2 Å². The van der Waals surface area contributed by atoms with Gasteiger partial charge in [-0.05, 0) is 44.6 Å². The molecule has 0 heterocycles. The maximum Gasteiger partial charge on any atom is 0.311 e. The minimum Gasteiger partial charge on any atom is -0.427 e. The maximum absolute atomic E-state index is 11.1. The van der Waals surface area contributed by atoms with Crippen LogP contribution in [0.3, 0.4) is 0 Å². The van der Waals surface area contributed by atoms with Crippen molar-refractivity contribution >= 4 is 40.8 Å². The molecule has 0 aromatic heterocycles. The van der Waals surface area contributed by atoms with Crippen LogP contribution in [0.15, 0.2) is 24.3 Å². The van der Waals surface area contributed by atoms with Crippen LogP contribution in [0.25, 0.3) is 0 Å². The van der Waals surface area contributed by atoms with Gasteiger partial charge < -0.3 is 41.1 Å². The Morgan fingerprint density at radius 3 is 1.73 bits per heavy atom. The van der Waals surface area contributed by atoms with Gasteiger partial charge in [-0.1, -0.05) is 34.6 Å². The molecule has 1 amide bonds. The van der Waals surface area contributed by atoms with Crippen LogP contribution in [0.4, 0.5) is 10.1 Å². The number of carbonyl (C=O) groups is 2. The quantitative estimate of drug-likeness (QED) is 0.0552. The molecule has 1 aromatic carbocycles. The van der Waals surface area contributed by atoms with E-state index in [1.165, 1.54) is 43.9 Å². The number of nitrogens with zero attached hydrogens (tertiary/aromatic N) is 2. The minimum absolute atomic E-state index is 0.0229. The highest BCUT2D eigenvalue weighted by molar-refractivity contribution is 6.40. The van der Waals surface area contributed by atoms with Crippen LogP contribution in [0.5, 0.6) is 5.75 Å². The van der Waals surface area contributed by atoms with Crippen molar-refractivity contribution < 1.29 is 45.4 Å². The van der Waals surface area contributed by atoms with E-state index in [2.05, 4.69) is 31.0 Å². The van der Waals surface area contributed by atoms with Crippen LogP contribution in [0.1, 0.15) is 61.7 Å². The fourth-order valence-electron chi connectivity index (χ4n) is 2.38. The molecule has 13 nitrogen and oxygen atoms in total. The Morgan fingerprint density at radius 1 is 1.02 bits per heavy atom. The Morgan fingerprint density at radius 2 is 1.45 bits per heavy atom. The Kier molecular flexibility index (Phi) is 45.2. The third-order valence-electron chi connectivity index (χ3n) is 4.78. The van der Waals surface area contributed by atoms with Crippen LogP contribution in [-0.4, -0.2) is 113 Å². The van der Waals surface area contributed by atoms with Crippen molar-refractivity contribution in [1.29, 1.82) is 0 Å². The normalized spacial score (nSPS) is 10.9. The van der Waals surface area contributed by atoms with Crippen molar-refractivity contribution in [1.82, 2.24) is 10.2 Å². The number of amides is 1. The van der Waals surface area contributed by atoms with Gasteiger partial charge in [0.2, 0.25) is 5.91 Å². The molecule has 2 atom stereocenters. The molecule has 0 fully saturated rings. The molecule has 0 bridgehead atoms. The third kappa shape index (κ3) is 39.8. The summed E-state index contributed by atoms with van der Waals surface area (Å²) in [6.07, 6.45) is 0.753. The summed E-state index contributed by atoms with van der Waals surface area (Å²) in [5.74, 6) is -0.0783. The standard InChI is InChI=1S/C10H11NO4.C7H15NO3.C6H15N.C3H9NO2.CH2Cl2.CH3F/c1-2-3-10(12)15-9-6-4-8(5-7-9)11(13)14;1-2-3-7(11)8-4-6(10)5-9;1-4-7(5-2)6-3;4-1-3(6)2-5;2-1-3;1-2/h4-7H,2-3H2,1H3;6,9-10H,2-5H2,1H3,(H,8,11);4-6H2,1-3H3;3,5-6H,1-2,4H2;1H2;1H3/i;;;;;1D. The van der Waals surface area contributed by atoms with E-state index >= 15 is 0 Å². The summed E-state index contributed by atoms with van der Waals surface area (Å²) in [5, 5.41) is 46.5. The number of nitrogens with one attached hydrogen (secondary N) is 1. The molecule has 1 aromatic rings. The second-order valence-corrected chi connectivity index (χ2v) is 8.97. The van der Waals surface area contributed by atoms with Crippen molar-refractivity contribution in [3.8, 4) is 5.75 Å². The SMILES string of the molecule is CCCC(=O)NCC(O)CO.CCCC(=O)Oc1ccc([N+](=O)[O-])cc1.CCN(CC)CC.ClCCl.NCC(O)CO.[2H]CF.